The van der Waals surface area contributed by atoms with Gasteiger partial charge in [-0.05, 0) is 35.2 Å². The summed E-state index contributed by atoms with van der Waals surface area (Å²) in [6.07, 6.45) is -3.11. The zero-order valence-corrected chi connectivity index (χ0v) is 20.4. The molecule has 0 fully saturated rings. The number of carbonyl (C=O) groups is 1. The second-order valence-corrected chi connectivity index (χ2v) is 10.2. The van der Waals surface area contributed by atoms with E-state index < -0.39 is 41.8 Å². The van der Waals surface area contributed by atoms with Crippen LogP contribution >= 0.6 is 11.8 Å². The number of thioether (sulfide) groups is 1. The van der Waals surface area contributed by atoms with E-state index >= 15 is 0 Å². The molecule has 3 heterocycles. The van der Waals surface area contributed by atoms with E-state index in [9.17, 15) is 27.9 Å². The Hall–Kier alpha value is -3.40. The molecule has 10 heteroatoms. The SMILES string of the molecule is Cc1cccc2c1CSc1ccccc1[C@H]2N1CN(C[C@H](C)C(F)(F)F)C(=O)c2c(O)c(=O)ccn21. The fourth-order valence-electron chi connectivity index (χ4n) is 4.82. The number of carbonyl (C=O) groups excluding carboxylic acids is 1. The third-order valence-electron chi connectivity index (χ3n) is 6.81. The highest BCUT2D eigenvalue weighted by atomic mass is 32.2. The first-order valence-corrected chi connectivity index (χ1v) is 12.4. The summed E-state index contributed by atoms with van der Waals surface area (Å²) in [5.41, 5.74) is 2.95. The Morgan fingerprint density at radius 1 is 1.08 bits per heavy atom. The lowest BCUT2D eigenvalue weighted by Gasteiger charge is -2.45. The number of benzene rings is 2. The summed E-state index contributed by atoms with van der Waals surface area (Å²) >= 11 is 1.67. The lowest BCUT2D eigenvalue weighted by Crippen LogP contribution is -2.57. The Labute approximate surface area is 209 Å². The molecule has 1 amide bonds. The molecule has 0 radical (unpaired) electrons. The molecule has 2 aliphatic rings. The van der Waals surface area contributed by atoms with Gasteiger partial charge in [-0.2, -0.15) is 13.2 Å². The minimum atomic E-state index is -4.50. The third kappa shape index (κ3) is 4.03. The van der Waals surface area contributed by atoms with Gasteiger partial charge in [0.05, 0.1) is 12.0 Å². The molecule has 0 spiro atoms. The minimum absolute atomic E-state index is 0.161. The Balaban J connectivity index is 1.73. The number of alkyl halides is 3. The van der Waals surface area contributed by atoms with Crippen LogP contribution < -0.4 is 10.4 Å². The second-order valence-electron chi connectivity index (χ2n) is 9.14. The summed E-state index contributed by atoms with van der Waals surface area (Å²) in [4.78, 5) is 27.6. The number of aromatic nitrogens is 1. The quantitative estimate of drug-likeness (QED) is 0.543. The van der Waals surface area contributed by atoms with Gasteiger partial charge in [0.2, 0.25) is 5.43 Å². The van der Waals surface area contributed by atoms with Crippen LogP contribution in [0.2, 0.25) is 0 Å². The Morgan fingerprint density at radius 3 is 2.56 bits per heavy atom. The molecule has 36 heavy (non-hydrogen) atoms. The molecule has 2 aliphatic heterocycles. The standard InChI is InChI=1S/C26H24F3N3O3S/c1-15-6-5-8-17-19(15)13-36-21-9-4-3-7-18(21)22(17)32-14-30(12-16(2)26(27,28)29)25(35)23-24(34)20(33)10-11-31(23)32/h3-11,16,22,34H,12-14H2,1-2H3/t16-,22-/m0/s1. The van der Waals surface area contributed by atoms with Crippen molar-refractivity contribution in [2.45, 2.75) is 36.7 Å². The van der Waals surface area contributed by atoms with Gasteiger partial charge in [0.1, 0.15) is 6.67 Å². The van der Waals surface area contributed by atoms with Crippen LogP contribution in [0.25, 0.3) is 0 Å². The summed E-state index contributed by atoms with van der Waals surface area (Å²) in [5.74, 6) is -2.69. The van der Waals surface area contributed by atoms with Crippen LogP contribution in [0.1, 0.15) is 45.7 Å². The molecule has 188 valence electrons. The number of fused-ring (bicyclic) bond motifs is 3. The molecule has 6 nitrogen and oxygen atoms in total. The van der Waals surface area contributed by atoms with Gasteiger partial charge < -0.3 is 10.0 Å². The number of rotatable bonds is 3. The maximum atomic E-state index is 13.5. The fraction of sp³-hybridized carbons (Fsp3) is 0.308. The van der Waals surface area contributed by atoms with Crippen molar-refractivity contribution in [1.29, 1.82) is 0 Å². The zero-order chi connectivity index (χ0) is 25.8. The van der Waals surface area contributed by atoms with Gasteiger partial charge in [-0.25, -0.2) is 0 Å². The molecule has 0 bridgehead atoms. The van der Waals surface area contributed by atoms with E-state index in [2.05, 4.69) is 0 Å². The van der Waals surface area contributed by atoms with Gasteiger partial charge in [0.15, 0.2) is 11.4 Å². The zero-order valence-electron chi connectivity index (χ0n) is 19.6. The van der Waals surface area contributed by atoms with E-state index in [0.29, 0.717) is 5.75 Å². The molecule has 3 aromatic rings. The fourth-order valence-corrected chi connectivity index (χ4v) is 6.04. The first-order chi connectivity index (χ1) is 17.1. The number of amides is 1. The summed E-state index contributed by atoms with van der Waals surface area (Å²) in [6, 6.07) is 14.4. The molecule has 0 saturated heterocycles. The minimum Gasteiger partial charge on any atom is -0.502 e. The molecule has 1 N–H and O–H groups in total. The average Bonchev–Trinajstić information content (AvgIpc) is 3.00. The van der Waals surface area contributed by atoms with Gasteiger partial charge in [-0.15, -0.1) is 11.8 Å². The van der Waals surface area contributed by atoms with Crippen molar-refractivity contribution in [1.82, 2.24) is 9.58 Å². The highest BCUT2D eigenvalue weighted by Crippen LogP contribution is 2.43. The van der Waals surface area contributed by atoms with Crippen LogP contribution in [0.3, 0.4) is 0 Å². The predicted octanol–water partition coefficient (Wildman–Crippen LogP) is 4.81. The highest BCUT2D eigenvalue weighted by molar-refractivity contribution is 7.98. The van der Waals surface area contributed by atoms with E-state index in [0.717, 1.165) is 45.0 Å². The van der Waals surface area contributed by atoms with Crippen LogP contribution in [0, 0.1) is 12.8 Å². The molecule has 0 saturated carbocycles. The first kappa shape index (κ1) is 24.3. The first-order valence-electron chi connectivity index (χ1n) is 11.5. The van der Waals surface area contributed by atoms with Crippen LogP contribution in [-0.2, 0) is 5.75 Å². The van der Waals surface area contributed by atoms with Gasteiger partial charge in [-0.3, -0.25) is 19.3 Å². The summed E-state index contributed by atoms with van der Waals surface area (Å²) in [6.45, 7) is 2.26. The van der Waals surface area contributed by atoms with Crippen molar-refractivity contribution in [2.24, 2.45) is 5.92 Å². The number of hydrogen-bond acceptors (Lipinski definition) is 5. The van der Waals surface area contributed by atoms with E-state index in [1.165, 1.54) is 10.9 Å². The molecule has 2 atom stereocenters. The Morgan fingerprint density at radius 2 is 1.81 bits per heavy atom. The summed E-state index contributed by atoms with van der Waals surface area (Å²) in [7, 11) is 0. The smallest absolute Gasteiger partial charge is 0.393 e. The van der Waals surface area contributed by atoms with Crippen LogP contribution in [0.4, 0.5) is 13.2 Å². The van der Waals surface area contributed by atoms with E-state index in [4.69, 9.17) is 0 Å². The number of hydrogen-bond donors (Lipinski definition) is 1. The monoisotopic (exact) mass is 515 g/mol. The molecule has 2 aromatic carbocycles. The van der Waals surface area contributed by atoms with Crippen molar-refractivity contribution >= 4 is 17.7 Å². The van der Waals surface area contributed by atoms with E-state index in [1.54, 1.807) is 16.8 Å². The Bertz CT molecular complexity index is 1410. The predicted molar refractivity (Wildman–Crippen MR) is 131 cm³/mol. The van der Waals surface area contributed by atoms with Gasteiger partial charge in [0.25, 0.3) is 5.91 Å². The van der Waals surface area contributed by atoms with Crippen LogP contribution in [0.15, 0.2) is 64.4 Å². The lowest BCUT2D eigenvalue weighted by atomic mass is 9.92. The van der Waals surface area contributed by atoms with Crippen molar-refractivity contribution in [3.63, 3.8) is 0 Å². The largest absolute Gasteiger partial charge is 0.502 e. The maximum absolute atomic E-state index is 13.5. The van der Waals surface area contributed by atoms with E-state index in [-0.39, 0.29) is 12.4 Å². The molecule has 5 rings (SSSR count). The number of aromatic hydroxyl groups is 1. The van der Waals surface area contributed by atoms with Crippen molar-refractivity contribution in [3.05, 3.63) is 92.9 Å². The van der Waals surface area contributed by atoms with E-state index in [1.807, 2.05) is 49.4 Å². The van der Waals surface area contributed by atoms with Crippen molar-refractivity contribution in [2.75, 3.05) is 18.2 Å². The van der Waals surface area contributed by atoms with Crippen molar-refractivity contribution in [3.8, 4) is 5.75 Å². The number of pyridine rings is 1. The van der Waals surface area contributed by atoms with Crippen molar-refractivity contribution < 1.29 is 23.1 Å². The second kappa shape index (κ2) is 8.92. The molecular formula is C26H24F3N3O3S. The average molecular weight is 516 g/mol. The Kier molecular flexibility index (Phi) is 6.02. The lowest BCUT2D eigenvalue weighted by molar-refractivity contribution is -0.172. The molecule has 0 aliphatic carbocycles. The summed E-state index contributed by atoms with van der Waals surface area (Å²) in [5, 5.41) is 12.4. The van der Waals surface area contributed by atoms with Gasteiger partial charge in [-0.1, -0.05) is 43.3 Å². The highest BCUT2D eigenvalue weighted by Gasteiger charge is 2.43. The third-order valence-corrected chi connectivity index (χ3v) is 7.93. The van der Waals surface area contributed by atoms with Gasteiger partial charge in [0, 0.05) is 29.5 Å². The van der Waals surface area contributed by atoms with Gasteiger partial charge >= 0.3 is 6.18 Å². The summed E-state index contributed by atoms with van der Waals surface area (Å²) < 4.78 is 41.8. The maximum Gasteiger partial charge on any atom is 0.393 e. The van der Waals surface area contributed by atoms with Crippen LogP contribution in [-0.4, -0.2) is 40.0 Å². The number of halogens is 3. The normalized spacial score (nSPS) is 18.2. The van der Waals surface area contributed by atoms with Crippen LogP contribution in [0.5, 0.6) is 5.75 Å². The molecular weight excluding hydrogens is 491 g/mol. The topological polar surface area (TPSA) is 65.8 Å². The molecule has 0 unspecified atom stereocenters. The number of nitrogens with zero attached hydrogens (tertiary/aromatic N) is 3. The number of aryl methyl sites for hydroxylation is 1. The molecule has 1 aromatic heterocycles.